The number of carbonyl (C=O) groups is 1. The Morgan fingerprint density at radius 3 is 2.55 bits per heavy atom. The van der Waals surface area contributed by atoms with Crippen molar-refractivity contribution < 1.29 is 9.18 Å². The summed E-state index contributed by atoms with van der Waals surface area (Å²) in [6.45, 7) is 4.92. The van der Waals surface area contributed by atoms with Crippen LogP contribution in [-0.2, 0) is 11.8 Å². The summed E-state index contributed by atoms with van der Waals surface area (Å²) in [5.74, 6) is 0.647. The summed E-state index contributed by atoms with van der Waals surface area (Å²) in [6.07, 6.45) is 3.98. The van der Waals surface area contributed by atoms with Gasteiger partial charge in [-0.05, 0) is 50.3 Å². The minimum atomic E-state index is -0.186. The molecule has 2 aromatic rings. The molecule has 1 aromatic carbocycles. The van der Waals surface area contributed by atoms with Gasteiger partial charge >= 0.3 is 0 Å². The maximum absolute atomic E-state index is 13.3. The van der Waals surface area contributed by atoms with E-state index in [4.69, 9.17) is 0 Å². The Balaban J connectivity index is 1.50. The van der Waals surface area contributed by atoms with Crippen LogP contribution >= 0.6 is 0 Å². The maximum Gasteiger partial charge on any atom is 0.223 e. The number of aromatic nitrogens is 2. The summed E-state index contributed by atoms with van der Waals surface area (Å²) in [4.78, 5) is 14.4. The van der Waals surface area contributed by atoms with Gasteiger partial charge in [0.2, 0.25) is 5.91 Å². The molecule has 0 bridgehead atoms. The fraction of sp³-hybridized carbons (Fsp3) is 0.565. The van der Waals surface area contributed by atoms with E-state index in [1.165, 1.54) is 17.5 Å². The van der Waals surface area contributed by atoms with Crippen LogP contribution in [0.5, 0.6) is 0 Å². The lowest BCUT2D eigenvalue weighted by Crippen LogP contribution is -2.37. The summed E-state index contributed by atoms with van der Waals surface area (Å²) in [6, 6.07) is 7.38. The van der Waals surface area contributed by atoms with E-state index in [1.54, 1.807) is 12.1 Å². The standard InChI is InChI=1S/C23H31FN4O/c1-14-22(15(2)28(4)26-14)23-17(12-21(29)27(23)3)13-25-20-7-5-6-19(20)16-8-10-18(24)11-9-16/h8-11,17,19-20,23,25H,5-7,12-13H2,1-4H3/t17-,19?,20?,23+/m0/s1. The van der Waals surface area contributed by atoms with Crippen LogP contribution in [0.25, 0.3) is 0 Å². The van der Waals surface area contributed by atoms with E-state index in [-0.39, 0.29) is 23.7 Å². The summed E-state index contributed by atoms with van der Waals surface area (Å²) in [7, 11) is 3.87. The Kier molecular flexibility index (Phi) is 5.47. The van der Waals surface area contributed by atoms with Gasteiger partial charge in [0, 0.05) is 50.3 Å². The van der Waals surface area contributed by atoms with Crippen molar-refractivity contribution in [2.75, 3.05) is 13.6 Å². The number of rotatable bonds is 5. The van der Waals surface area contributed by atoms with Gasteiger partial charge in [-0.15, -0.1) is 0 Å². The van der Waals surface area contributed by atoms with Gasteiger partial charge in [-0.2, -0.15) is 5.10 Å². The highest BCUT2D eigenvalue weighted by Crippen LogP contribution is 2.40. The molecular weight excluding hydrogens is 367 g/mol. The first-order valence-electron chi connectivity index (χ1n) is 10.6. The van der Waals surface area contributed by atoms with Crippen LogP contribution in [0.2, 0.25) is 0 Å². The van der Waals surface area contributed by atoms with Gasteiger partial charge in [-0.25, -0.2) is 4.39 Å². The van der Waals surface area contributed by atoms with Crippen LogP contribution in [0.4, 0.5) is 4.39 Å². The molecule has 1 aliphatic heterocycles. The van der Waals surface area contributed by atoms with Crippen molar-refractivity contribution in [3.63, 3.8) is 0 Å². The highest BCUT2D eigenvalue weighted by Gasteiger charge is 2.41. The molecule has 1 aliphatic carbocycles. The van der Waals surface area contributed by atoms with Crippen LogP contribution in [0, 0.1) is 25.6 Å². The van der Waals surface area contributed by atoms with Crippen LogP contribution in [0.3, 0.4) is 0 Å². The quantitative estimate of drug-likeness (QED) is 0.837. The number of nitrogens with zero attached hydrogens (tertiary/aromatic N) is 3. The van der Waals surface area contributed by atoms with Crippen molar-refractivity contribution >= 4 is 5.91 Å². The van der Waals surface area contributed by atoms with Gasteiger partial charge in [0.15, 0.2) is 0 Å². The third kappa shape index (κ3) is 3.70. The maximum atomic E-state index is 13.3. The van der Waals surface area contributed by atoms with Crippen molar-refractivity contribution in [3.8, 4) is 0 Å². The average molecular weight is 399 g/mol. The fourth-order valence-electron chi connectivity index (χ4n) is 5.40. The lowest BCUT2D eigenvalue weighted by molar-refractivity contribution is -0.127. The van der Waals surface area contributed by atoms with E-state index in [9.17, 15) is 9.18 Å². The number of benzene rings is 1. The van der Waals surface area contributed by atoms with Gasteiger partial charge in [0.1, 0.15) is 5.82 Å². The highest BCUT2D eigenvalue weighted by atomic mass is 19.1. The predicted molar refractivity (Wildman–Crippen MR) is 111 cm³/mol. The van der Waals surface area contributed by atoms with E-state index in [0.717, 1.165) is 30.8 Å². The molecule has 5 nitrogen and oxygen atoms in total. The smallest absolute Gasteiger partial charge is 0.223 e. The van der Waals surface area contributed by atoms with Crippen LogP contribution < -0.4 is 5.32 Å². The largest absolute Gasteiger partial charge is 0.338 e. The van der Waals surface area contributed by atoms with E-state index in [1.807, 2.05) is 42.7 Å². The van der Waals surface area contributed by atoms with Gasteiger partial charge < -0.3 is 10.2 Å². The summed E-state index contributed by atoms with van der Waals surface area (Å²) < 4.78 is 15.2. The number of nitrogens with one attached hydrogen (secondary N) is 1. The normalized spacial score (nSPS) is 27.2. The third-order valence-corrected chi connectivity index (χ3v) is 7.01. The number of amides is 1. The minimum absolute atomic E-state index is 0.0642. The zero-order valence-corrected chi connectivity index (χ0v) is 17.8. The molecule has 1 amide bonds. The van der Waals surface area contributed by atoms with Crippen LogP contribution in [-0.4, -0.2) is 40.2 Å². The molecule has 2 heterocycles. The second-order valence-corrected chi connectivity index (χ2v) is 8.73. The topological polar surface area (TPSA) is 50.2 Å². The SMILES string of the molecule is Cc1nn(C)c(C)c1[C@H]1[C@H](CNC2CCCC2c2ccc(F)cc2)CC(=O)N1C. The van der Waals surface area contributed by atoms with E-state index in [2.05, 4.69) is 17.3 Å². The summed E-state index contributed by atoms with van der Waals surface area (Å²) >= 11 is 0. The molecule has 6 heteroatoms. The molecule has 0 radical (unpaired) electrons. The lowest BCUT2D eigenvalue weighted by atomic mass is 9.90. The zero-order valence-electron chi connectivity index (χ0n) is 17.8. The summed E-state index contributed by atoms with van der Waals surface area (Å²) in [5, 5.41) is 8.35. The van der Waals surface area contributed by atoms with E-state index in [0.29, 0.717) is 18.4 Å². The zero-order chi connectivity index (χ0) is 20.7. The summed E-state index contributed by atoms with van der Waals surface area (Å²) in [5.41, 5.74) is 4.53. The predicted octanol–water partition coefficient (Wildman–Crippen LogP) is 3.62. The molecule has 4 atom stereocenters. The molecule has 4 rings (SSSR count). The number of carbonyl (C=O) groups excluding carboxylic acids is 1. The fourth-order valence-corrected chi connectivity index (χ4v) is 5.40. The molecular formula is C23H31FN4O. The Morgan fingerprint density at radius 2 is 1.90 bits per heavy atom. The number of halogens is 1. The molecule has 29 heavy (non-hydrogen) atoms. The Morgan fingerprint density at radius 1 is 1.17 bits per heavy atom. The monoisotopic (exact) mass is 398 g/mol. The Hall–Kier alpha value is -2.21. The molecule has 0 spiro atoms. The first-order valence-corrected chi connectivity index (χ1v) is 10.6. The molecule has 2 fully saturated rings. The van der Waals surface area contributed by atoms with Gasteiger partial charge in [-0.3, -0.25) is 9.48 Å². The van der Waals surface area contributed by atoms with Crippen molar-refractivity contribution in [2.24, 2.45) is 13.0 Å². The van der Waals surface area contributed by atoms with Crippen molar-refractivity contribution in [1.82, 2.24) is 20.0 Å². The molecule has 2 unspecified atom stereocenters. The van der Waals surface area contributed by atoms with Crippen LogP contribution in [0.15, 0.2) is 24.3 Å². The van der Waals surface area contributed by atoms with E-state index >= 15 is 0 Å². The molecule has 156 valence electrons. The number of aryl methyl sites for hydroxylation is 2. The molecule has 1 N–H and O–H groups in total. The van der Waals surface area contributed by atoms with Crippen molar-refractivity contribution in [2.45, 2.75) is 57.5 Å². The van der Waals surface area contributed by atoms with E-state index < -0.39 is 0 Å². The van der Waals surface area contributed by atoms with Gasteiger partial charge in [0.05, 0.1) is 11.7 Å². The Labute approximate surface area is 172 Å². The first-order chi connectivity index (χ1) is 13.9. The lowest BCUT2D eigenvalue weighted by Gasteiger charge is -2.28. The minimum Gasteiger partial charge on any atom is -0.338 e. The van der Waals surface area contributed by atoms with Gasteiger partial charge in [0.25, 0.3) is 0 Å². The van der Waals surface area contributed by atoms with Crippen molar-refractivity contribution in [3.05, 3.63) is 52.6 Å². The second-order valence-electron chi connectivity index (χ2n) is 8.73. The second kappa shape index (κ2) is 7.90. The average Bonchev–Trinajstić information content (AvgIpc) is 3.33. The number of hydrogen-bond acceptors (Lipinski definition) is 3. The third-order valence-electron chi connectivity index (χ3n) is 7.01. The first kappa shape index (κ1) is 20.1. The number of hydrogen-bond donors (Lipinski definition) is 1. The van der Waals surface area contributed by atoms with Crippen LogP contribution in [0.1, 0.15) is 60.2 Å². The Bertz CT molecular complexity index is 891. The van der Waals surface area contributed by atoms with Gasteiger partial charge in [-0.1, -0.05) is 18.6 Å². The molecule has 2 aliphatic rings. The molecule has 1 aromatic heterocycles. The molecule has 1 saturated carbocycles. The van der Waals surface area contributed by atoms with Crippen molar-refractivity contribution in [1.29, 1.82) is 0 Å². The number of likely N-dealkylation sites (tertiary alicyclic amines) is 1. The highest BCUT2D eigenvalue weighted by molar-refractivity contribution is 5.79. The molecule has 1 saturated heterocycles.